The van der Waals surface area contributed by atoms with E-state index in [-0.39, 0.29) is 5.91 Å². The lowest BCUT2D eigenvalue weighted by Gasteiger charge is -2.09. The second-order valence-electron chi connectivity index (χ2n) is 7.29. The number of nitrogens with zero attached hydrogens (tertiary/aromatic N) is 4. The lowest BCUT2D eigenvalue weighted by atomic mass is 10.1. The van der Waals surface area contributed by atoms with Crippen LogP contribution in [0.1, 0.15) is 37.2 Å². The third-order valence-corrected chi connectivity index (χ3v) is 4.63. The highest BCUT2D eigenvalue weighted by atomic mass is 16.1. The first-order valence-corrected chi connectivity index (χ1v) is 9.35. The number of anilines is 1. The van der Waals surface area contributed by atoms with E-state index in [2.05, 4.69) is 40.9 Å². The molecule has 0 aliphatic rings. The van der Waals surface area contributed by atoms with Gasteiger partial charge in [-0.2, -0.15) is 5.10 Å². The van der Waals surface area contributed by atoms with E-state index in [9.17, 15) is 4.79 Å². The normalized spacial score (nSPS) is 11.1. The zero-order valence-electron chi connectivity index (χ0n) is 16.4. The molecule has 3 aromatic rings. The molecule has 27 heavy (non-hydrogen) atoms. The average molecular weight is 365 g/mol. The summed E-state index contributed by atoms with van der Waals surface area (Å²) in [7, 11) is 0. The molecule has 2 heterocycles. The predicted molar refractivity (Wildman–Crippen MR) is 107 cm³/mol. The van der Waals surface area contributed by atoms with Crippen molar-refractivity contribution in [3.8, 4) is 5.69 Å². The van der Waals surface area contributed by atoms with Gasteiger partial charge in [0.25, 0.3) is 0 Å². The van der Waals surface area contributed by atoms with Crippen molar-refractivity contribution in [3.63, 3.8) is 0 Å². The van der Waals surface area contributed by atoms with Crippen LogP contribution in [0.5, 0.6) is 0 Å². The number of amides is 1. The van der Waals surface area contributed by atoms with Crippen LogP contribution in [-0.4, -0.2) is 25.2 Å². The Morgan fingerprint density at radius 3 is 2.56 bits per heavy atom. The molecule has 1 amide bonds. The molecule has 0 saturated carbocycles. The summed E-state index contributed by atoms with van der Waals surface area (Å²) in [6.07, 6.45) is 6.52. The average Bonchev–Trinajstić information content (AvgIpc) is 3.23. The molecule has 6 nitrogen and oxygen atoms in total. The monoisotopic (exact) mass is 365 g/mol. The summed E-state index contributed by atoms with van der Waals surface area (Å²) in [6.45, 7) is 9.38. The number of benzene rings is 1. The molecular formula is C21H27N5O. The first kappa shape index (κ1) is 18.9. The Bertz CT molecular complexity index is 892. The summed E-state index contributed by atoms with van der Waals surface area (Å²) < 4.78 is 3.98. The first-order chi connectivity index (χ1) is 12.9. The Balaban J connectivity index is 1.58. The van der Waals surface area contributed by atoms with Crippen molar-refractivity contribution < 1.29 is 4.79 Å². The van der Waals surface area contributed by atoms with Gasteiger partial charge in [-0.3, -0.25) is 9.48 Å². The molecule has 3 rings (SSSR count). The van der Waals surface area contributed by atoms with Crippen LogP contribution in [0.4, 0.5) is 5.69 Å². The minimum Gasteiger partial charge on any atom is -0.326 e. The van der Waals surface area contributed by atoms with Crippen molar-refractivity contribution in [1.29, 1.82) is 0 Å². The molecule has 142 valence electrons. The molecule has 0 saturated heterocycles. The Kier molecular flexibility index (Phi) is 5.74. The molecule has 0 fully saturated rings. The fourth-order valence-electron chi connectivity index (χ4n) is 3.21. The van der Waals surface area contributed by atoms with Crippen LogP contribution < -0.4 is 5.32 Å². The minimum absolute atomic E-state index is 0.0146. The van der Waals surface area contributed by atoms with Crippen molar-refractivity contribution in [2.24, 2.45) is 5.92 Å². The Morgan fingerprint density at radius 2 is 1.93 bits per heavy atom. The van der Waals surface area contributed by atoms with E-state index < -0.39 is 0 Å². The van der Waals surface area contributed by atoms with Crippen LogP contribution in [0.3, 0.4) is 0 Å². The number of hydrogen-bond donors (Lipinski definition) is 1. The summed E-state index contributed by atoms with van der Waals surface area (Å²) in [4.78, 5) is 16.4. The summed E-state index contributed by atoms with van der Waals surface area (Å²) in [5.41, 5.74) is 5.17. The van der Waals surface area contributed by atoms with Crippen LogP contribution in [-0.2, 0) is 17.8 Å². The third kappa shape index (κ3) is 4.64. The molecule has 0 radical (unpaired) electrons. The molecule has 2 aromatic heterocycles. The smallest absolute Gasteiger partial charge is 0.224 e. The van der Waals surface area contributed by atoms with E-state index >= 15 is 0 Å². The summed E-state index contributed by atoms with van der Waals surface area (Å²) in [6, 6.07) is 7.73. The number of rotatable bonds is 7. The molecule has 1 N–H and O–H groups in total. The van der Waals surface area contributed by atoms with Gasteiger partial charge in [0.2, 0.25) is 5.91 Å². The van der Waals surface area contributed by atoms with Crippen LogP contribution in [0.25, 0.3) is 5.69 Å². The molecule has 0 spiro atoms. The minimum atomic E-state index is 0.0146. The Labute approximate surface area is 160 Å². The standard InChI is InChI=1S/C21H27N5O/c1-15(2)13-26-17(4)20(16(3)24-26)9-10-21(27)23-18-5-7-19(8-6-18)25-12-11-22-14-25/h5-8,11-12,14-15H,9-10,13H2,1-4H3,(H,23,27). The maximum absolute atomic E-state index is 12.4. The predicted octanol–water partition coefficient (Wildman–Crippen LogP) is 3.91. The van der Waals surface area contributed by atoms with E-state index in [4.69, 9.17) is 0 Å². The topological polar surface area (TPSA) is 64.7 Å². The van der Waals surface area contributed by atoms with Gasteiger partial charge in [-0.15, -0.1) is 0 Å². The lowest BCUT2D eigenvalue weighted by Crippen LogP contribution is -2.13. The molecule has 0 atom stereocenters. The van der Waals surface area contributed by atoms with Gasteiger partial charge in [-0.25, -0.2) is 4.98 Å². The lowest BCUT2D eigenvalue weighted by molar-refractivity contribution is -0.116. The Hall–Kier alpha value is -2.89. The largest absolute Gasteiger partial charge is 0.326 e. The molecular weight excluding hydrogens is 338 g/mol. The highest BCUT2D eigenvalue weighted by molar-refractivity contribution is 5.90. The second kappa shape index (κ2) is 8.20. The van der Waals surface area contributed by atoms with Gasteiger partial charge in [-0.1, -0.05) is 13.8 Å². The quantitative estimate of drug-likeness (QED) is 0.690. The van der Waals surface area contributed by atoms with Gasteiger partial charge < -0.3 is 9.88 Å². The van der Waals surface area contributed by atoms with E-state index in [1.54, 1.807) is 12.5 Å². The number of hydrogen-bond acceptors (Lipinski definition) is 3. The molecule has 0 unspecified atom stereocenters. The van der Waals surface area contributed by atoms with Gasteiger partial charge in [0, 0.05) is 42.4 Å². The van der Waals surface area contributed by atoms with Gasteiger partial charge in [0.05, 0.1) is 12.0 Å². The number of imidazole rings is 1. The van der Waals surface area contributed by atoms with E-state index in [0.717, 1.165) is 23.6 Å². The van der Waals surface area contributed by atoms with Gasteiger partial charge in [0.15, 0.2) is 0 Å². The summed E-state index contributed by atoms with van der Waals surface area (Å²) >= 11 is 0. The van der Waals surface area contributed by atoms with Crippen molar-refractivity contribution in [2.75, 3.05) is 5.32 Å². The van der Waals surface area contributed by atoms with Gasteiger partial charge in [0.1, 0.15) is 0 Å². The SMILES string of the molecule is Cc1nn(CC(C)C)c(C)c1CCC(=O)Nc1ccc(-n2ccnc2)cc1. The highest BCUT2D eigenvalue weighted by Crippen LogP contribution is 2.18. The molecule has 0 aliphatic heterocycles. The first-order valence-electron chi connectivity index (χ1n) is 9.35. The zero-order valence-corrected chi connectivity index (χ0v) is 16.4. The molecule has 0 bridgehead atoms. The van der Waals surface area contributed by atoms with Crippen molar-refractivity contribution in [2.45, 2.75) is 47.1 Å². The maximum atomic E-state index is 12.4. The fraction of sp³-hybridized carbons (Fsp3) is 0.381. The van der Waals surface area contributed by atoms with Crippen LogP contribution in [0.2, 0.25) is 0 Å². The number of carbonyl (C=O) groups is 1. The van der Waals surface area contributed by atoms with Crippen LogP contribution in [0.15, 0.2) is 43.0 Å². The number of aryl methyl sites for hydroxylation is 1. The van der Waals surface area contributed by atoms with E-state index in [1.807, 2.05) is 42.0 Å². The molecule has 0 aliphatic carbocycles. The third-order valence-electron chi connectivity index (χ3n) is 4.63. The van der Waals surface area contributed by atoms with E-state index in [1.165, 1.54) is 11.3 Å². The highest BCUT2D eigenvalue weighted by Gasteiger charge is 2.14. The summed E-state index contributed by atoms with van der Waals surface area (Å²) in [5, 5.41) is 7.60. The van der Waals surface area contributed by atoms with E-state index in [0.29, 0.717) is 18.8 Å². The van der Waals surface area contributed by atoms with Crippen molar-refractivity contribution >= 4 is 11.6 Å². The van der Waals surface area contributed by atoms with Crippen LogP contribution >= 0.6 is 0 Å². The molecule has 6 heteroatoms. The maximum Gasteiger partial charge on any atom is 0.224 e. The van der Waals surface area contributed by atoms with Gasteiger partial charge in [-0.05, 0) is 56.0 Å². The Morgan fingerprint density at radius 1 is 1.19 bits per heavy atom. The van der Waals surface area contributed by atoms with Crippen molar-refractivity contribution in [1.82, 2.24) is 19.3 Å². The number of aromatic nitrogens is 4. The van der Waals surface area contributed by atoms with Gasteiger partial charge >= 0.3 is 0 Å². The zero-order chi connectivity index (χ0) is 19.4. The molecule has 1 aromatic carbocycles. The second-order valence-corrected chi connectivity index (χ2v) is 7.29. The fourth-order valence-corrected chi connectivity index (χ4v) is 3.21. The van der Waals surface area contributed by atoms with Crippen molar-refractivity contribution in [3.05, 3.63) is 59.9 Å². The van der Waals surface area contributed by atoms with Crippen LogP contribution in [0, 0.1) is 19.8 Å². The summed E-state index contributed by atoms with van der Waals surface area (Å²) in [5.74, 6) is 0.560. The number of carbonyl (C=O) groups excluding carboxylic acids is 1. The number of nitrogens with one attached hydrogen (secondary N) is 1.